The molecule has 1 saturated heterocycles. The Labute approximate surface area is 136 Å². The number of ether oxygens (including phenoxy) is 1. The normalized spacial score (nSPS) is 17.8. The summed E-state index contributed by atoms with van der Waals surface area (Å²) in [6.07, 6.45) is 3.54. The summed E-state index contributed by atoms with van der Waals surface area (Å²) in [5, 5.41) is 0. The second-order valence-electron chi connectivity index (χ2n) is 5.62. The zero-order valence-corrected chi connectivity index (χ0v) is 14.0. The number of nitrogens with zero attached hydrogens (tertiary/aromatic N) is 1. The first-order chi connectivity index (χ1) is 10.6. The monoisotopic (exact) mass is 321 g/mol. The van der Waals surface area contributed by atoms with Crippen LogP contribution in [0.2, 0.25) is 0 Å². The first kappa shape index (κ1) is 16.9. The molecule has 2 rings (SSSR count). The summed E-state index contributed by atoms with van der Waals surface area (Å²) < 4.78 is 5.20. The number of hydrogen-bond donors (Lipinski definition) is 0. The highest BCUT2D eigenvalue weighted by Crippen LogP contribution is 2.24. The van der Waals surface area contributed by atoms with Crippen molar-refractivity contribution in [3.05, 3.63) is 35.4 Å². The van der Waals surface area contributed by atoms with Crippen molar-refractivity contribution in [1.82, 2.24) is 4.90 Å². The third-order valence-corrected chi connectivity index (χ3v) is 4.45. The van der Waals surface area contributed by atoms with Gasteiger partial charge in [-0.3, -0.25) is 9.59 Å². The van der Waals surface area contributed by atoms with Gasteiger partial charge in [-0.05, 0) is 25.2 Å². The number of carbonyl (C=O) groups excluding carboxylic acids is 2. The first-order valence-electron chi connectivity index (χ1n) is 7.59. The van der Waals surface area contributed by atoms with E-state index < -0.39 is 0 Å². The third kappa shape index (κ3) is 4.77. The number of esters is 1. The number of amides is 1. The maximum Gasteiger partial charge on any atom is 0.307 e. The lowest BCUT2D eigenvalue weighted by atomic mass is 10.1. The average Bonchev–Trinajstić information content (AvgIpc) is 2.83. The van der Waals surface area contributed by atoms with Gasteiger partial charge in [0.05, 0.1) is 6.42 Å². The lowest BCUT2D eigenvalue weighted by Crippen LogP contribution is -2.34. The van der Waals surface area contributed by atoms with E-state index in [4.69, 9.17) is 4.74 Å². The zero-order chi connectivity index (χ0) is 15.9. The predicted octanol–water partition coefficient (Wildman–Crippen LogP) is 2.78. The van der Waals surface area contributed by atoms with Crippen molar-refractivity contribution in [2.75, 3.05) is 18.6 Å². The van der Waals surface area contributed by atoms with Crippen molar-refractivity contribution in [3.63, 3.8) is 0 Å². The highest BCUT2D eigenvalue weighted by atomic mass is 32.2. The van der Waals surface area contributed by atoms with Crippen LogP contribution in [0.1, 0.15) is 30.4 Å². The molecule has 1 fully saturated rings. The van der Waals surface area contributed by atoms with Crippen molar-refractivity contribution in [2.45, 2.75) is 38.8 Å². The molecule has 4 nitrogen and oxygen atoms in total. The summed E-state index contributed by atoms with van der Waals surface area (Å²) in [5.41, 5.74) is 2.30. The zero-order valence-electron chi connectivity index (χ0n) is 13.2. The van der Waals surface area contributed by atoms with Crippen LogP contribution in [0.4, 0.5) is 0 Å². The van der Waals surface area contributed by atoms with E-state index >= 15 is 0 Å². The van der Waals surface area contributed by atoms with Crippen molar-refractivity contribution < 1.29 is 14.3 Å². The standard InChI is InChI=1S/C17H23NO3S/c1-13-3-5-14(6-4-13)12-18-15(7-8-16(18)19)11-17(20)21-9-10-22-2/h3-6,15H,7-12H2,1-2H3. The van der Waals surface area contributed by atoms with Gasteiger partial charge in [0.2, 0.25) is 5.91 Å². The van der Waals surface area contributed by atoms with E-state index in [-0.39, 0.29) is 17.9 Å². The van der Waals surface area contributed by atoms with Crippen molar-refractivity contribution in [3.8, 4) is 0 Å². The Morgan fingerprint density at radius 2 is 2.09 bits per heavy atom. The summed E-state index contributed by atoms with van der Waals surface area (Å²) in [5.74, 6) is 0.729. The van der Waals surface area contributed by atoms with Crippen molar-refractivity contribution >= 4 is 23.6 Å². The van der Waals surface area contributed by atoms with E-state index in [1.807, 2.05) is 42.3 Å². The quantitative estimate of drug-likeness (QED) is 0.572. The first-order valence-corrected chi connectivity index (χ1v) is 8.99. The summed E-state index contributed by atoms with van der Waals surface area (Å²) in [4.78, 5) is 25.7. The maximum atomic E-state index is 12.1. The number of benzene rings is 1. The second kappa shape index (κ2) is 8.22. The van der Waals surface area contributed by atoms with Crippen LogP contribution in [0.3, 0.4) is 0 Å². The highest BCUT2D eigenvalue weighted by Gasteiger charge is 2.32. The summed E-state index contributed by atoms with van der Waals surface area (Å²) >= 11 is 1.65. The number of rotatable bonds is 7. The van der Waals surface area contributed by atoms with Crippen LogP contribution in [0.25, 0.3) is 0 Å². The molecule has 1 aromatic carbocycles. The van der Waals surface area contributed by atoms with Crippen LogP contribution in [0.15, 0.2) is 24.3 Å². The maximum absolute atomic E-state index is 12.1. The smallest absolute Gasteiger partial charge is 0.307 e. The van der Waals surface area contributed by atoms with Gasteiger partial charge < -0.3 is 9.64 Å². The Hall–Kier alpha value is -1.49. The van der Waals surface area contributed by atoms with Gasteiger partial charge in [-0.2, -0.15) is 11.8 Å². The fourth-order valence-corrected chi connectivity index (χ4v) is 2.85. The van der Waals surface area contributed by atoms with E-state index in [0.29, 0.717) is 26.0 Å². The topological polar surface area (TPSA) is 46.6 Å². The van der Waals surface area contributed by atoms with Gasteiger partial charge in [-0.1, -0.05) is 29.8 Å². The molecule has 0 N–H and O–H groups in total. The van der Waals surface area contributed by atoms with Gasteiger partial charge in [0, 0.05) is 24.8 Å². The van der Waals surface area contributed by atoms with Gasteiger partial charge in [-0.25, -0.2) is 0 Å². The lowest BCUT2D eigenvalue weighted by molar-refractivity contribution is -0.144. The minimum Gasteiger partial charge on any atom is -0.465 e. The number of aryl methyl sites for hydroxylation is 1. The SMILES string of the molecule is CSCCOC(=O)CC1CCC(=O)N1Cc1ccc(C)cc1. The molecule has 1 amide bonds. The van der Waals surface area contributed by atoms with E-state index in [2.05, 4.69) is 0 Å². The van der Waals surface area contributed by atoms with E-state index in [9.17, 15) is 9.59 Å². The Balaban J connectivity index is 1.91. The molecule has 0 spiro atoms. The Bertz CT molecular complexity index is 515. The molecule has 0 radical (unpaired) electrons. The van der Waals surface area contributed by atoms with Crippen molar-refractivity contribution in [2.24, 2.45) is 0 Å². The number of thioether (sulfide) groups is 1. The van der Waals surface area contributed by atoms with E-state index in [0.717, 1.165) is 17.7 Å². The van der Waals surface area contributed by atoms with Gasteiger partial charge in [0.25, 0.3) is 0 Å². The Morgan fingerprint density at radius 1 is 1.36 bits per heavy atom. The van der Waals surface area contributed by atoms with Crippen molar-refractivity contribution in [1.29, 1.82) is 0 Å². The van der Waals surface area contributed by atoms with Crippen LogP contribution in [0.5, 0.6) is 0 Å². The lowest BCUT2D eigenvalue weighted by Gasteiger charge is -2.24. The minimum atomic E-state index is -0.206. The molecule has 5 heteroatoms. The Kier molecular flexibility index (Phi) is 6.31. The molecule has 120 valence electrons. The Morgan fingerprint density at radius 3 is 2.77 bits per heavy atom. The molecule has 22 heavy (non-hydrogen) atoms. The molecule has 1 aliphatic rings. The van der Waals surface area contributed by atoms with Gasteiger partial charge >= 0.3 is 5.97 Å². The van der Waals surface area contributed by atoms with Gasteiger partial charge in [0.15, 0.2) is 0 Å². The second-order valence-corrected chi connectivity index (χ2v) is 6.60. The molecule has 1 atom stereocenters. The largest absolute Gasteiger partial charge is 0.465 e. The molecule has 1 aromatic rings. The van der Waals surface area contributed by atoms with Crippen LogP contribution in [0, 0.1) is 6.92 Å². The minimum absolute atomic E-state index is 0.0319. The summed E-state index contributed by atoms with van der Waals surface area (Å²) in [6.45, 7) is 3.05. The van der Waals surface area contributed by atoms with E-state index in [1.54, 1.807) is 11.8 Å². The van der Waals surface area contributed by atoms with Crippen LogP contribution in [-0.2, 0) is 20.9 Å². The molecule has 1 aliphatic heterocycles. The summed E-state index contributed by atoms with van der Waals surface area (Å²) in [6, 6.07) is 8.13. The van der Waals surface area contributed by atoms with Crippen LogP contribution >= 0.6 is 11.8 Å². The van der Waals surface area contributed by atoms with Crippen LogP contribution in [-0.4, -0.2) is 41.4 Å². The number of carbonyl (C=O) groups is 2. The molecule has 1 heterocycles. The van der Waals surface area contributed by atoms with Gasteiger partial charge in [0.1, 0.15) is 6.61 Å². The average molecular weight is 321 g/mol. The number of likely N-dealkylation sites (tertiary alicyclic amines) is 1. The molecular formula is C17H23NO3S. The van der Waals surface area contributed by atoms with Gasteiger partial charge in [-0.15, -0.1) is 0 Å². The summed E-state index contributed by atoms with van der Waals surface area (Å²) in [7, 11) is 0. The molecular weight excluding hydrogens is 298 g/mol. The molecule has 0 saturated carbocycles. The van der Waals surface area contributed by atoms with E-state index in [1.165, 1.54) is 5.56 Å². The highest BCUT2D eigenvalue weighted by molar-refractivity contribution is 7.98. The molecule has 0 aliphatic carbocycles. The third-order valence-electron chi connectivity index (χ3n) is 3.88. The predicted molar refractivity (Wildman–Crippen MR) is 88.7 cm³/mol. The molecule has 0 bridgehead atoms. The number of hydrogen-bond acceptors (Lipinski definition) is 4. The molecule has 1 unspecified atom stereocenters. The fourth-order valence-electron chi connectivity index (χ4n) is 2.60. The fraction of sp³-hybridized carbons (Fsp3) is 0.529. The van der Waals surface area contributed by atoms with Crippen LogP contribution < -0.4 is 0 Å². The molecule has 0 aromatic heterocycles.